The Balaban J connectivity index is 3.61. The van der Waals surface area contributed by atoms with Crippen LogP contribution in [0.15, 0.2) is 11.9 Å². The molecule has 0 radical (unpaired) electrons. The van der Waals surface area contributed by atoms with E-state index in [4.69, 9.17) is 0 Å². The quantitative estimate of drug-likeness (QED) is 0.499. The predicted molar refractivity (Wildman–Crippen MR) is 21.2 cm³/mol. The first kappa shape index (κ1) is 7.46. The highest BCUT2D eigenvalue weighted by Gasteiger charge is 2.07. The van der Waals surface area contributed by atoms with Gasteiger partial charge in [-0.2, -0.15) is 0 Å². The second-order valence-electron chi connectivity index (χ2n) is 1.04. The summed E-state index contributed by atoms with van der Waals surface area (Å²) < 4.78 is 44.4. The molecule has 0 nitrogen and oxygen atoms in total. The third-order valence-corrected chi connectivity index (χ3v) is 0.481. The van der Waals surface area contributed by atoms with Crippen LogP contribution in [0.5, 0.6) is 0 Å². The Hall–Kier alpha value is -0.540. The van der Waals surface area contributed by atoms with Crippen molar-refractivity contribution in [2.24, 2.45) is 0 Å². The van der Waals surface area contributed by atoms with E-state index in [1.165, 1.54) is 0 Å². The van der Waals surface area contributed by atoms with Gasteiger partial charge in [-0.3, -0.25) is 0 Å². The highest BCUT2D eigenvalue weighted by molar-refractivity contribution is 4.93. The Morgan fingerprint density at radius 2 is 2.00 bits per heavy atom. The summed E-state index contributed by atoms with van der Waals surface area (Å²) in [5.74, 6) is -1.70. The number of allylic oxidation sites excluding steroid dienone is 2. The van der Waals surface area contributed by atoms with Crippen LogP contribution in [0.3, 0.4) is 0 Å². The molecule has 0 saturated carbocycles. The maximum Gasteiger partial charge on any atom is 0.289 e. The summed E-state index contributed by atoms with van der Waals surface area (Å²) in [6, 6.07) is 0. The van der Waals surface area contributed by atoms with Crippen molar-refractivity contribution < 1.29 is 17.6 Å². The maximum absolute atomic E-state index is 11.4. The van der Waals surface area contributed by atoms with Gasteiger partial charge >= 0.3 is 0 Å². The third-order valence-electron chi connectivity index (χ3n) is 0.481. The van der Waals surface area contributed by atoms with Gasteiger partial charge in [-0.15, -0.1) is 0 Å². The van der Waals surface area contributed by atoms with Crippen LogP contribution in [0.25, 0.3) is 0 Å². The van der Waals surface area contributed by atoms with Crippen LogP contribution in [0.4, 0.5) is 17.6 Å². The monoisotopic (exact) mass is 128 g/mol. The van der Waals surface area contributed by atoms with E-state index in [1.54, 1.807) is 0 Å². The molecule has 0 aromatic carbocycles. The van der Waals surface area contributed by atoms with Crippen LogP contribution in [0, 0.1) is 0 Å². The molecular weight excluding hydrogens is 124 g/mol. The first-order valence-corrected chi connectivity index (χ1v) is 1.88. The number of hydrogen-bond acceptors (Lipinski definition) is 0. The molecule has 0 saturated heterocycles. The van der Waals surface area contributed by atoms with Gasteiger partial charge in [0.1, 0.15) is 6.67 Å². The fraction of sp³-hybridized carbons (Fsp3) is 0.500. The van der Waals surface area contributed by atoms with Gasteiger partial charge in [0.05, 0.1) is 0 Å². The van der Waals surface area contributed by atoms with E-state index in [0.29, 0.717) is 0 Å². The minimum absolute atomic E-state index is 0.199. The van der Waals surface area contributed by atoms with Crippen molar-refractivity contribution in [2.75, 3.05) is 6.67 Å². The summed E-state index contributed by atoms with van der Waals surface area (Å²) in [5, 5.41) is 0. The van der Waals surface area contributed by atoms with Gasteiger partial charge in [0.25, 0.3) is 6.43 Å². The zero-order valence-corrected chi connectivity index (χ0v) is 3.87. The van der Waals surface area contributed by atoms with Gasteiger partial charge in [0.15, 0.2) is 5.83 Å². The van der Waals surface area contributed by atoms with Crippen LogP contribution in [-0.4, -0.2) is 13.1 Å². The van der Waals surface area contributed by atoms with Crippen molar-refractivity contribution in [2.45, 2.75) is 6.43 Å². The summed E-state index contributed by atoms with van der Waals surface area (Å²) in [5.41, 5.74) is 0. The lowest BCUT2D eigenvalue weighted by atomic mass is 10.5. The van der Waals surface area contributed by atoms with E-state index in [9.17, 15) is 17.6 Å². The molecule has 0 heterocycles. The molecule has 0 bridgehead atoms. The normalized spacial score (nSPS) is 12.9. The van der Waals surface area contributed by atoms with Gasteiger partial charge in [-0.05, 0) is 6.08 Å². The number of rotatable bonds is 2. The fourth-order valence-corrected chi connectivity index (χ4v) is 0.163. The van der Waals surface area contributed by atoms with E-state index in [0.717, 1.165) is 0 Å². The zero-order valence-electron chi connectivity index (χ0n) is 3.87. The minimum Gasteiger partial charge on any atom is -0.246 e. The molecule has 0 aromatic rings. The number of halogens is 4. The molecule has 0 aliphatic carbocycles. The van der Waals surface area contributed by atoms with Gasteiger partial charge in [0.2, 0.25) is 0 Å². The SMILES string of the molecule is FCC=C(F)C(F)F. The van der Waals surface area contributed by atoms with Crippen molar-refractivity contribution in [3.8, 4) is 0 Å². The summed E-state index contributed by atoms with van der Waals surface area (Å²) in [6.07, 6.45) is -2.98. The van der Waals surface area contributed by atoms with Crippen LogP contribution in [0.1, 0.15) is 0 Å². The lowest BCUT2D eigenvalue weighted by molar-refractivity contribution is 0.158. The van der Waals surface area contributed by atoms with E-state index >= 15 is 0 Å². The van der Waals surface area contributed by atoms with Crippen molar-refractivity contribution in [1.82, 2.24) is 0 Å². The average molecular weight is 128 g/mol. The third kappa shape index (κ3) is 2.60. The molecule has 0 spiro atoms. The largest absolute Gasteiger partial charge is 0.289 e. The Kier molecular flexibility index (Phi) is 3.23. The van der Waals surface area contributed by atoms with E-state index < -0.39 is 18.9 Å². The fourth-order valence-electron chi connectivity index (χ4n) is 0.163. The molecule has 4 heteroatoms. The van der Waals surface area contributed by atoms with E-state index in [2.05, 4.69) is 0 Å². The molecule has 0 unspecified atom stereocenters. The molecular formula is C4H4F4. The smallest absolute Gasteiger partial charge is 0.246 e. The molecule has 0 aliphatic rings. The van der Waals surface area contributed by atoms with Gasteiger partial charge in [-0.1, -0.05) is 0 Å². The van der Waals surface area contributed by atoms with Gasteiger partial charge in [-0.25, -0.2) is 17.6 Å². The molecule has 0 aromatic heterocycles. The molecule has 0 aliphatic heterocycles. The van der Waals surface area contributed by atoms with Crippen molar-refractivity contribution in [3.63, 3.8) is 0 Å². The summed E-state index contributed by atoms with van der Waals surface area (Å²) in [6.45, 7) is -1.18. The second-order valence-corrected chi connectivity index (χ2v) is 1.04. The lowest BCUT2D eigenvalue weighted by Crippen LogP contribution is -1.89. The van der Waals surface area contributed by atoms with Gasteiger partial charge in [0, 0.05) is 0 Å². The average Bonchev–Trinajstić information content (AvgIpc) is 1.67. The molecule has 0 fully saturated rings. The highest BCUT2D eigenvalue weighted by atomic mass is 19.3. The first-order chi connectivity index (χ1) is 3.68. The lowest BCUT2D eigenvalue weighted by Gasteiger charge is -1.88. The molecule has 0 atom stereocenters. The summed E-state index contributed by atoms with van der Waals surface area (Å²) in [4.78, 5) is 0. The Bertz CT molecular complexity index is 86.0. The van der Waals surface area contributed by atoms with E-state index in [-0.39, 0.29) is 6.08 Å². The first-order valence-electron chi connectivity index (χ1n) is 1.88. The van der Waals surface area contributed by atoms with Crippen molar-refractivity contribution in [1.29, 1.82) is 0 Å². The summed E-state index contributed by atoms with van der Waals surface area (Å²) >= 11 is 0. The molecule has 0 amide bonds. The van der Waals surface area contributed by atoms with Crippen molar-refractivity contribution >= 4 is 0 Å². The summed E-state index contributed by atoms with van der Waals surface area (Å²) in [7, 11) is 0. The minimum atomic E-state index is -3.18. The Labute approximate surface area is 43.8 Å². The zero-order chi connectivity index (χ0) is 6.57. The van der Waals surface area contributed by atoms with Gasteiger partial charge < -0.3 is 0 Å². The van der Waals surface area contributed by atoms with Crippen molar-refractivity contribution in [3.05, 3.63) is 11.9 Å². The second kappa shape index (κ2) is 3.46. The molecule has 48 valence electrons. The van der Waals surface area contributed by atoms with Crippen LogP contribution >= 0.6 is 0 Å². The number of hydrogen-bond donors (Lipinski definition) is 0. The molecule has 8 heavy (non-hydrogen) atoms. The van der Waals surface area contributed by atoms with E-state index in [1.807, 2.05) is 0 Å². The molecule has 0 N–H and O–H groups in total. The molecule has 0 rings (SSSR count). The Morgan fingerprint density at radius 1 is 1.50 bits per heavy atom. The Morgan fingerprint density at radius 3 is 2.12 bits per heavy atom. The number of alkyl halides is 3. The standard InChI is InChI=1S/C4H4F4/c5-2-1-3(6)4(7)8/h1,4H,2H2. The topological polar surface area (TPSA) is 0 Å². The van der Waals surface area contributed by atoms with Crippen LogP contribution < -0.4 is 0 Å². The van der Waals surface area contributed by atoms with Crippen LogP contribution in [-0.2, 0) is 0 Å². The van der Waals surface area contributed by atoms with Crippen LogP contribution in [0.2, 0.25) is 0 Å². The maximum atomic E-state index is 11.4. The predicted octanol–water partition coefficient (Wildman–Crippen LogP) is 2.07. The highest BCUT2D eigenvalue weighted by Crippen LogP contribution is 2.08.